The van der Waals surface area contributed by atoms with Crippen LogP contribution in [0.15, 0.2) is 72.8 Å². The molecule has 0 aliphatic heterocycles. The first-order valence-corrected chi connectivity index (χ1v) is 9.50. The van der Waals surface area contributed by atoms with Crippen LogP contribution in [0.2, 0.25) is 0 Å². The number of rotatable bonds is 12. The number of para-hydroxylation sites is 2. The van der Waals surface area contributed by atoms with Gasteiger partial charge in [0.1, 0.15) is 49.4 Å². The number of carbonyl (C=O) groups excluding carboxylic acids is 2. The molecule has 0 radical (unpaired) electrons. The molecule has 0 fully saturated rings. The molecule has 0 heterocycles. The Bertz CT molecular complexity index is 873. The highest BCUT2D eigenvalue weighted by atomic mass is 16.5. The predicted octanol–water partition coefficient (Wildman–Crippen LogP) is 4.23. The van der Waals surface area contributed by atoms with E-state index in [9.17, 15) is 9.59 Å². The van der Waals surface area contributed by atoms with Crippen molar-refractivity contribution in [2.75, 3.05) is 26.4 Å². The van der Waals surface area contributed by atoms with Gasteiger partial charge in [-0.15, -0.1) is 0 Å². The van der Waals surface area contributed by atoms with Crippen LogP contribution in [-0.4, -0.2) is 39.0 Å². The third kappa shape index (κ3) is 6.10. The minimum atomic E-state index is 0.322. The molecule has 3 rings (SSSR count). The van der Waals surface area contributed by atoms with Crippen molar-refractivity contribution in [1.82, 2.24) is 0 Å². The molecule has 0 saturated carbocycles. The van der Waals surface area contributed by atoms with Crippen molar-refractivity contribution >= 4 is 12.6 Å². The van der Waals surface area contributed by atoms with Crippen molar-refractivity contribution in [1.29, 1.82) is 0 Å². The number of benzene rings is 3. The quantitative estimate of drug-likeness (QED) is 0.331. The van der Waals surface area contributed by atoms with E-state index >= 15 is 0 Å². The summed E-state index contributed by atoms with van der Waals surface area (Å²) in [6.07, 6.45) is 1.53. The lowest BCUT2D eigenvalue weighted by atomic mass is 10.2. The van der Waals surface area contributed by atoms with E-state index in [-0.39, 0.29) is 0 Å². The van der Waals surface area contributed by atoms with Gasteiger partial charge in [0, 0.05) is 0 Å². The molecule has 0 bridgehead atoms. The lowest BCUT2D eigenvalue weighted by Crippen LogP contribution is -2.10. The number of aldehydes is 2. The highest BCUT2D eigenvalue weighted by Gasteiger charge is 2.03. The molecule has 3 aromatic carbocycles. The standard InChI is InChI=1S/C24H22O6/c25-17-19-5-1-3-7-23(19)29-15-13-27-21-9-11-22(12-10-21)28-14-16-30-24-8-4-2-6-20(24)18-26/h1-12,17-18H,13-16H2. The molecule has 30 heavy (non-hydrogen) atoms. The maximum Gasteiger partial charge on any atom is 0.153 e. The highest BCUT2D eigenvalue weighted by molar-refractivity contribution is 5.79. The monoisotopic (exact) mass is 406 g/mol. The summed E-state index contributed by atoms with van der Waals surface area (Å²) in [5.41, 5.74) is 1.02. The third-order valence-corrected chi connectivity index (χ3v) is 4.13. The van der Waals surface area contributed by atoms with Gasteiger partial charge >= 0.3 is 0 Å². The van der Waals surface area contributed by atoms with Crippen LogP contribution < -0.4 is 18.9 Å². The summed E-state index contributed by atoms with van der Waals surface area (Å²) in [4.78, 5) is 21.9. The lowest BCUT2D eigenvalue weighted by Gasteiger charge is -2.11. The smallest absolute Gasteiger partial charge is 0.153 e. The molecule has 0 N–H and O–H groups in total. The zero-order valence-electron chi connectivity index (χ0n) is 16.4. The Morgan fingerprint density at radius 3 is 1.27 bits per heavy atom. The summed E-state index contributed by atoms with van der Waals surface area (Å²) in [6, 6.07) is 21.3. The summed E-state index contributed by atoms with van der Waals surface area (Å²) < 4.78 is 22.4. The van der Waals surface area contributed by atoms with Crippen molar-refractivity contribution in [2.24, 2.45) is 0 Å². The van der Waals surface area contributed by atoms with Crippen molar-refractivity contribution in [3.63, 3.8) is 0 Å². The fraction of sp³-hybridized carbons (Fsp3) is 0.167. The van der Waals surface area contributed by atoms with Crippen molar-refractivity contribution in [3.8, 4) is 23.0 Å². The van der Waals surface area contributed by atoms with Crippen LogP contribution in [0.1, 0.15) is 20.7 Å². The van der Waals surface area contributed by atoms with Crippen LogP contribution >= 0.6 is 0 Å². The molecule has 0 spiro atoms. The lowest BCUT2D eigenvalue weighted by molar-refractivity contribution is 0.111. The minimum absolute atomic E-state index is 0.322. The third-order valence-electron chi connectivity index (χ3n) is 4.13. The Kier molecular flexibility index (Phi) is 7.85. The molecular weight excluding hydrogens is 384 g/mol. The maximum absolute atomic E-state index is 11.0. The second-order valence-electron chi connectivity index (χ2n) is 6.18. The molecule has 0 aliphatic carbocycles. The molecule has 154 valence electrons. The van der Waals surface area contributed by atoms with Gasteiger partial charge in [0.2, 0.25) is 0 Å². The van der Waals surface area contributed by atoms with Crippen LogP contribution in [0.25, 0.3) is 0 Å². The van der Waals surface area contributed by atoms with Gasteiger partial charge in [-0.3, -0.25) is 9.59 Å². The number of hydrogen-bond donors (Lipinski definition) is 0. The molecule has 0 saturated heterocycles. The van der Waals surface area contributed by atoms with E-state index in [0.717, 1.165) is 12.6 Å². The molecular formula is C24H22O6. The fourth-order valence-corrected chi connectivity index (χ4v) is 2.67. The van der Waals surface area contributed by atoms with Crippen LogP contribution in [0.5, 0.6) is 23.0 Å². The van der Waals surface area contributed by atoms with Crippen LogP contribution in [0.4, 0.5) is 0 Å². The molecule has 0 atom stereocenters. The van der Waals surface area contributed by atoms with Crippen molar-refractivity contribution in [3.05, 3.63) is 83.9 Å². The van der Waals surface area contributed by atoms with Crippen LogP contribution in [0, 0.1) is 0 Å². The average molecular weight is 406 g/mol. The number of carbonyl (C=O) groups is 2. The van der Waals surface area contributed by atoms with Gasteiger partial charge in [-0.1, -0.05) is 24.3 Å². The van der Waals surface area contributed by atoms with Gasteiger partial charge < -0.3 is 18.9 Å². The molecule has 0 aromatic heterocycles. The summed E-state index contributed by atoms with van der Waals surface area (Å²) in [5, 5.41) is 0. The van der Waals surface area contributed by atoms with E-state index in [1.165, 1.54) is 0 Å². The second kappa shape index (κ2) is 11.3. The Labute approximate surface area is 175 Å². The summed E-state index contributed by atoms with van der Waals surface area (Å²) in [5.74, 6) is 2.45. The van der Waals surface area contributed by atoms with Gasteiger partial charge in [-0.2, -0.15) is 0 Å². The summed E-state index contributed by atoms with van der Waals surface area (Å²) in [7, 11) is 0. The first-order chi connectivity index (χ1) is 14.8. The predicted molar refractivity (Wildman–Crippen MR) is 112 cm³/mol. The molecule has 0 aliphatic rings. The first-order valence-electron chi connectivity index (χ1n) is 9.50. The zero-order chi connectivity index (χ0) is 21.0. The Morgan fingerprint density at radius 2 is 0.867 bits per heavy atom. The van der Waals surface area contributed by atoms with E-state index in [2.05, 4.69) is 0 Å². The van der Waals surface area contributed by atoms with Crippen LogP contribution in [0.3, 0.4) is 0 Å². The van der Waals surface area contributed by atoms with E-state index in [1.807, 2.05) is 12.1 Å². The fourth-order valence-electron chi connectivity index (χ4n) is 2.67. The van der Waals surface area contributed by atoms with Gasteiger partial charge in [-0.25, -0.2) is 0 Å². The van der Waals surface area contributed by atoms with E-state index < -0.39 is 0 Å². The van der Waals surface area contributed by atoms with E-state index in [4.69, 9.17) is 18.9 Å². The molecule has 0 amide bonds. The van der Waals surface area contributed by atoms with Crippen molar-refractivity contribution < 1.29 is 28.5 Å². The van der Waals surface area contributed by atoms with E-state index in [1.54, 1.807) is 60.7 Å². The Hall–Kier alpha value is -3.80. The van der Waals surface area contributed by atoms with Gasteiger partial charge in [0.15, 0.2) is 12.6 Å². The van der Waals surface area contributed by atoms with Gasteiger partial charge in [-0.05, 0) is 48.5 Å². The number of ether oxygens (including phenoxy) is 4. The van der Waals surface area contributed by atoms with E-state index in [0.29, 0.717) is 60.6 Å². The normalized spacial score (nSPS) is 10.1. The summed E-state index contributed by atoms with van der Waals surface area (Å²) in [6.45, 7) is 1.33. The SMILES string of the molecule is O=Cc1ccccc1OCCOc1ccc(OCCOc2ccccc2C=O)cc1. The summed E-state index contributed by atoms with van der Waals surface area (Å²) >= 11 is 0. The minimum Gasteiger partial charge on any atom is -0.490 e. The Balaban J connectivity index is 1.36. The first kappa shape index (κ1) is 20.9. The van der Waals surface area contributed by atoms with Gasteiger partial charge in [0.25, 0.3) is 0 Å². The highest BCUT2D eigenvalue weighted by Crippen LogP contribution is 2.19. The molecule has 6 nitrogen and oxygen atoms in total. The molecule has 0 unspecified atom stereocenters. The second-order valence-corrected chi connectivity index (χ2v) is 6.18. The average Bonchev–Trinajstić information content (AvgIpc) is 2.81. The topological polar surface area (TPSA) is 71.1 Å². The van der Waals surface area contributed by atoms with Gasteiger partial charge in [0.05, 0.1) is 11.1 Å². The maximum atomic E-state index is 11.0. The largest absolute Gasteiger partial charge is 0.490 e. The number of hydrogen-bond acceptors (Lipinski definition) is 6. The molecule has 6 heteroatoms. The van der Waals surface area contributed by atoms with Crippen molar-refractivity contribution in [2.45, 2.75) is 0 Å². The Morgan fingerprint density at radius 1 is 0.500 bits per heavy atom. The van der Waals surface area contributed by atoms with Crippen LogP contribution in [-0.2, 0) is 0 Å². The molecule has 3 aromatic rings. The zero-order valence-corrected chi connectivity index (χ0v) is 16.4.